The SMILES string of the molecule is CO[C@@H]1C[C@H](c2nc(C)no2)N(Cc2cccc3cccnc23)C1. The highest BCUT2D eigenvalue weighted by molar-refractivity contribution is 5.81. The summed E-state index contributed by atoms with van der Waals surface area (Å²) in [6.07, 6.45) is 2.87. The third-order valence-electron chi connectivity index (χ3n) is 4.62. The first-order chi connectivity index (χ1) is 11.7. The van der Waals surface area contributed by atoms with Crippen LogP contribution in [-0.2, 0) is 11.3 Å². The van der Waals surface area contributed by atoms with E-state index in [2.05, 4.69) is 44.3 Å². The van der Waals surface area contributed by atoms with Gasteiger partial charge in [0.05, 0.1) is 17.7 Å². The van der Waals surface area contributed by atoms with E-state index >= 15 is 0 Å². The van der Waals surface area contributed by atoms with Crippen molar-refractivity contribution in [1.82, 2.24) is 20.0 Å². The summed E-state index contributed by atoms with van der Waals surface area (Å²) in [6, 6.07) is 10.4. The molecule has 0 aliphatic carbocycles. The zero-order valence-corrected chi connectivity index (χ0v) is 13.8. The molecule has 2 atom stereocenters. The second-order valence-corrected chi connectivity index (χ2v) is 6.21. The molecule has 3 heterocycles. The number of benzene rings is 1. The van der Waals surface area contributed by atoms with Crippen LogP contribution in [0.25, 0.3) is 10.9 Å². The second kappa shape index (κ2) is 6.30. The first-order valence-electron chi connectivity index (χ1n) is 8.14. The maximum Gasteiger partial charge on any atom is 0.244 e. The van der Waals surface area contributed by atoms with Crippen molar-refractivity contribution >= 4 is 10.9 Å². The molecule has 0 unspecified atom stereocenters. The summed E-state index contributed by atoms with van der Waals surface area (Å²) >= 11 is 0. The fourth-order valence-electron chi connectivity index (χ4n) is 3.43. The molecule has 124 valence electrons. The van der Waals surface area contributed by atoms with Crippen LogP contribution in [0.2, 0.25) is 0 Å². The normalized spacial score (nSPS) is 21.6. The smallest absolute Gasteiger partial charge is 0.244 e. The van der Waals surface area contributed by atoms with Crippen molar-refractivity contribution in [3.63, 3.8) is 0 Å². The third-order valence-corrected chi connectivity index (χ3v) is 4.62. The standard InChI is InChI=1S/C18H20N4O2/c1-12-20-18(24-21-12)16-9-15(23-2)11-22(16)10-14-6-3-5-13-7-4-8-19-17(13)14/h3-8,15-16H,9-11H2,1-2H3/t15-,16-/m1/s1. The zero-order valence-electron chi connectivity index (χ0n) is 13.8. The number of hydrogen-bond acceptors (Lipinski definition) is 6. The van der Waals surface area contributed by atoms with E-state index in [9.17, 15) is 0 Å². The Hall–Kier alpha value is -2.31. The number of para-hydroxylation sites is 1. The molecule has 0 radical (unpaired) electrons. The molecule has 0 saturated carbocycles. The first-order valence-corrected chi connectivity index (χ1v) is 8.14. The van der Waals surface area contributed by atoms with Crippen LogP contribution in [0.3, 0.4) is 0 Å². The van der Waals surface area contributed by atoms with E-state index in [4.69, 9.17) is 9.26 Å². The van der Waals surface area contributed by atoms with Crippen LogP contribution in [0.15, 0.2) is 41.1 Å². The van der Waals surface area contributed by atoms with Gasteiger partial charge in [0.1, 0.15) is 0 Å². The molecule has 0 amide bonds. The number of fused-ring (bicyclic) bond motifs is 1. The number of ether oxygens (including phenoxy) is 1. The quantitative estimate of drug-likeness (QED) is 0.735. The Balaban J connectivity index is 1.65. The van der Waals surface area contributed by atoms with Gasteiger partial charge in [0.25, 0.3) is 0 Å². The van der Waals surface area contributed by atoms with E-state index in [1.54, 1.807) is 7.11 Å². The van der Waals surface area contributed by atoms with Gasteiger partial charge >= 0.3 is 0 Å². The number of hydrogen-bond donors (Lipinski definition) is 0. The highest BCUT2D eigenvalue weighted by Crippen LogP contribution is 2.34. The van der Waals surface area contributed by atoms with Gasteiger partial charge in [-0.15, -0.1) is 0 Å². The van der Waals surface area contributed by atoms with Gasteiger partial charge in [-0.2, -0.15) is 4.98 Å². The number of aromatic nitrogens is 3. The fraction of sp³-hybridized carbons (Fsp3) is 0.389. The molecule has 0 spiro atoms. The number of rotatable bonds is 4. The lowest BCUT2D eigenvalue weighted by Gasteiger charge is -2.21. The van der Waals surface area contributed by atoms with Crippen LogP contribution in [0.1, 0.15) is 29.7 Å². The Labute approximate surface area is 140 Å². The molecule has 6 heteroatoms. The summed E-state index contributed by atoms with van der Waals surface area (Å²) in [5, 5.41) is 5.09. The highest BCUT2D eigenvalue weighted by Gasteiger charge is 2.36. The van der Waals surface area contributed by atoms with Crippen LogP contribution in [0.4, 0.5) is 0 Å². The summed E-state index contributed by atoms with van der Waals surface area (Å²) in [4.78, 5) is 11.3. The number of aryl methyl sites for hydroxylation is 1. The van der Waals surface area contributed by atoms with E-state index in [1.807, 2.05) is 19.2 Å². The molecular formula is C18H20N4O2. The molecule has 4 rings (SSSR count). The number of nitrogens with zero attached hydrogens (tertiary/aromatic N) is 4. The molecule has 0 bridgehead atoms. The maximum absolute atomic E-state index is 5.58. The summed E-state index contributed by atoms with van der Waals surface area (Å²) in [6.45, 7) is 3.46. The molecule has 6 nitrogen and oxygen atoms in total. The van der Waals surface area contributed by atoms with Crippen molar-refractivity contribution in [3.8, 4) is 0 Å². The summed E-state index contributed by atoms with van der Waals surface area (Å²) < 4.78 is 11.0. The van der Waals surface area contributed by atoms with E-state index in [1.165, 1.54) is 5.56 Å². The van der Waals surface area contributed by atoms with Crippen molar-refractivity contribution in [2.75, 3.05) is 13.7 Å². The molecule has 1 saturated heterocycles. The topological polar surface area (TPSA) is 64.3 Å². The zero-order chi connectivity index (χ0) is 16.5. The van der Waals surface area contributed by atoms with Crippen LogP contribution in [0.5, 0.6) is 0 Å². The lowest BCUT2D eigenvalue weighted by molar-refractivity contribution is 0.107. The van der Waals surface area contributed by atoms with Crippen molar-refractivity contribution in [1.29, 1.82) is 0 Å². The Morgan fingerprint density at radius 1 is 1.29 bits per heavy atom. The minimum absolute atomic E-state index is 0.0788. The number of likely N-dealkylation sites (tertiary alicyclic amines) is 1. The Kier molecular flexibility index (Phi) is 4.00. The predicted molar refractivity (Wildman–Crippen MR) is 89.3 cm³/mol. The van der Waals surface area contributed by atoms with E-state index in [0.29, 0.717) is 11.7 Å². The fourth-order valence-corrected chi connectivity index (χ4v) is 3.43. The van der Waals surface area contributed by atoms with Crippen molar-refractivity contribution in [2.45, 2.75) is 32.0 Å². The van der Waals surface area contributed by atoms with Crippen LogP contribution in [-0.4, -0.2) is 39.8 Å². The number of methoxy groups -OCH3 is 1. The molecular weight excluding hydrogens is 304 g/mol. The van der Waals surface area contributed by atoms with Crippen molar-refractivity contribution in [2.24, 2.45) is 0 Å². The molecule has 1 aliphatic heterocycles. The largest absolute Gasteiger partial charge is 0.380 e. The molecule has 24 heavy (non-hydrogen) atoms. The van der Waals surface area contributed by atoms with Gasteiger partial charge in [-0.05, 0) is 25.0 Å². The minimum atomic E-state index is 0.0788. The lowest BCUT2D eigenvalue weighted by atomic mass is 10.1. The highest BCUT2D eigenvalue weighted by atomic mass is 16.5. The molecule has 0 N–H and O–H groups in total. The van der Waals surface area contributed by atoms with Gasteiger partial charge < -0.3 is 9.26 Å². The minimum Gasteiger partial charge on any atom is -0.380 e. The van der Waals surface area contributed by atoms with Crippen molar-refractivity contribution in [3.05, 3.63) is 53.8 Å². The molecule has 1 aliphatic rings. The second-order valence-electron chi connectivity index (χ2n) is 6.21. The Morgan fingerprint density at radius 3 is 2.96 bits per heavy atom. The van der Waals surface area contributed by atoms with Crippen molar-refractivity contribution < 1.29 is 9.26 Å². The van der Waals surface area contributed by atoms with Gasteiger partial charge in [-0.1, -0.05) is 29.4 Å². The van der Waals surface area contributed by atoms with E-state index in [0.717, 1.165) is 30.4 Å². The maximum atomic E-state index is 5.58. The molecule has 1 aromatic carbocycles. The monoisotopic (exact) mass is 324 g/mol. The molecule has 3 aromatic rings. The van der Waals surface area contributed by atoms with Crippen LogP contribution >= 0.6 is 0 Å². The summed E-state index contributed by atoms with van der Waals surface area (Å²) in [7, 11) is 1.75. The van der Waals surface area contributed by atoms with Gasteiger partial charge in [-0.25, -0.2) is 0 Å². The third kappa shape index (κ3) is 2.79. The average Bonchev–Trinajstić information content (AvgIpc) is 3.21. The summed E-state index contributed by atoms with van der Waals surface area (Å²) in [5.74, 6) is 1.33. The van der Waals surface area contributed by atoms with Crippen LogP contribution in [0, 0.1) is 6.92 Å². The van der Waals surface area contributed by atoms with Gasteiger partial charge in [-0.3, -0.25) is 9.88 Å². The Morgan fingerprint density at radius 2 is 2.17 bits per heavy atom. The molecule has 2 aromatic heterocycles. The van der Waals surface area contributed by atoms with Gasteiger partial charge in [0.2, 0.25) is 5.89 Å². The lowest BCUT2D eigenvalue weighted by Crippen LogP contribution is -2.25. The Bertz CT molecular complexity index is 842. The average molecular weight is 324 g/mol. The van der Waals surface area contributed by atoms with Gasteiger partial charge in [0, 0.05) is 31.8 Å². The van der Waals surface area contributed by atoms with Gasteiger partial charge in [0.15, 0.2) is 5.82 Å². The van der Waals surface area contributed by atoms with E-state index in [-0.39, 0.29) is 12.1 Å². The first kappa shape index (κ1) is 15.2. The summed E-state index contributed by atoms with van der Waals surface area (Å²) in [5.41, 5.74) is 2.24. The molecule has 1 fully saturated rings. The van der Waals surface area contributed by atoms with E-state index < -0.39 is 0 Å². The number of pyridine rings is 1. The van der Waals surface area contributed by atoms with Crippen LogP contribution < -0.4 is 0 Å². The predicted octanol–water partition coefficient (Wildman–Crippen LogP) is 2.89.